The molecule has 0 aliphatic carbocycles. The van der Waals surface area contributed by atoms with Gasteiger partial charge < -0.3 is 19.9 Å². The molecule has 1 aromatic carbocycles. The number of nitrogens with one attached hydrogen (secondary N) is 1. The lowest BCUT2D eigenvalue weighted by Crippen LogP contribution is -2.48. The van der Waals surface area contributed by atoms with Gasteiger partial charge in [0.2, 0.25) is 5.95 Å². The molecule has 0 bridgehead atoms. The molecule has 1 amide bonds. The Morgan fingerprint density at radius 2 is 1.81 bits per heavy atom. The van der Waals surface area contributed by atoms with Crippen LogP contribution in [0.15, 0.2) is 36.7 Å². The minimum absolute atomic E-state index is 0.0231. The van der Waals surface area contributed by atoms with Gasteiger partial charge in [-0.2, -0.15) is 0 Å². The van der Waals surface area contributed by atoms with E-state index in [0.717, 1.165) is 31.1 Å². The van der Waals surface area contributed by atoms with E-state index < -0.39 is 0 Å². The first-order valence-electron chi connectivity index (χ1n) is 9.31. The van der Waals surface area contributed by atoms with Crippen LogP contribution < -0.4 is 15.0 Å². The van der Waals surface area contributed by atoms with Crippen LogP contribution >= 0.6 is 0 Å². The Morgan fingerprint density at radius 1 is 1.15 bits per heavy atom. The lowest BCUT2D eigenvalue weighted by atomic mass is 10.2. The molecule has 0 spiro atoms. The second-order valence-corrected chi connectivity index (χ2v) is 7.02. The van der Waals surface area contributed by atoms with Crippen LogP contribution in [0.2, 0.25) is 0 Å². The van der Waals surface area contributed by atoms with Gasteiger partial charge >= 0.3 is 0 Å². The molecule has 3 rings (SSSR count). The average molecular weight is 369 g/mol. The van der Waals surface area contributed by atoms with Crippen molar-refractivity contribution in [2.75, 3.05) is 50.1 Å². The highest BCUT2D eigenvalue weighted by atomic mass is 16.5. The predicted molar refractivity (Wildman–Crippen MR) is 106 cm³/mol. The number of hydrogen-bond donors (Lipinski definition) is 1. The molecular weight excluding hydrogens is 342 g/mol. The normalized spacial score (nSPS) is 14.4. The Kier molecular flexibility index (Phi) is 6.11. The molecule has 0 saturated carbocycles. The quantitative estimate of drug-likeness (QED) is 0.844. The average Bonchev–Trinajstić information content (AvgIpc) is 2.72. The van der Waals surface area contributed by atoms with Crippen LogP contribution in [0.3, 0.4) is 0 Å². The summed E-state index contributed by atoms with van der Waals surface area (Å²) in [7, 11) is 1.68. The third kappa shape index (κ3) is 4.67. The molecule has 144 valence electrons. The van der Waals surface area contributed by atoms with Gasteiger partial charge in [-0.15, -0.1) is 0 Å². The van der Waals surface area contributed by atoms with E-state index in [1.54, 1.807) is 19.5 Å². The number of benzene rings is 1. The maximum absolute atomic E-state index is 12.7. The summed E-state index contributed by atoms with van der Waals surface area (Å²) in [6, 6.07) is 7.97. The van der Waals surface area contributed by atoms with Crippen molar-refractivity contribution in [1.29, 1.82) is 0 Å². The SMILES string of the molecule is COc1ccccc1N1CCN(C(=O)c2cnc(NCC(C)C)nc2)CC1. The molecular formula is C20H27N5O2. The molecule has 2 heterocycles. The largest absolute Gasteiger partial charge is 0.495 e. The zero-order valence-corrected chi connectivity index (χ0v) is 16.2. The van der Waals surface area contributed by atoms with E-state index in [4.69, 9.17) is 4.74 Å². The first-order chi connectivity index (χ1) is 13.1. The molecule has 0 atom stereocenters. The van der Waals surface area contributed by atoms with E-state index in [1.807, 2.05) is 29.2 Å². The lowest BCUT2D eigenvalue weighted by Gasteiger charge is -2.36. The van der Waals surface area contributed by atoms with E-state index in [0.29, 0.717) is 30.5 Å². The maximum Gasteiger partial charge on any atom is 0.257 e. The maximum atomic E-state index is 12.7. The Bertz CT molecular complexity index is 755. The van der Waals surface area contributed by atoms with Crippen molar-refractivity contribution in [2.24, 2.45) is 5.92 Å². The van der Waals surface area contributed by atoms with Gasteiger partial charge in [0.05, 0.1) is 18.4 Å². The van der Waals surface area contributed by atoms with Crippen molar-refractivity contribution in [3.05, 3.63) is 42.2 Å². The second-order valence-electron chi connectivity index (χ2n) is 7.02. The van der Waals surface area contributed by atoms with Crippen molar-refractivity contribution in [3.8, 4) is 5.75 Å². The molecule has 2 aromatic rings. The number of para-hydroxylation sites is 2. The van der Waals surface area contributed by atoms with Gasteiger partial charge in [-0.1, -0.05) is 26.0 Å². The fourth-order valence-corrected chi connectivity index (χ4v) is 3.05. The minimum Gasteiger partial charge on any atom is -0.495 e. The van der Waals surface area contributed by atoms with Gasteiger partial charge in [0.1, 0.15) is 5.75 Å². The van der Waals surface area contributed by atoms with Gasteiger partial charge in [-0.3, -0.25) is 4.79 Å². The number of nitrogens with zero attached hydrogens (tertiary/aromatic N) is 4. The van der Waals surface area contributed by atoms with Crippen molar-refractivity contribution < 1.29 is 9.53 Å². The molecule has 27 heavy (non-hydrogen) atoms. The molecule has 0 radical (unpaired) electrons. The summed E-state index contributed by atoms with van der Waals surface area (Å²) in [4.78, 5) is 25.3. The fraction of sp³-hybridized carbons (Fsp3) is 0.450. The third-order valence-corrected chi connectivity index (χ3v) is 4.56. The third-order valence-electron chi connectivity index (χ3n) is 4.56. The Balaban J connectivity index is 1.58. The van der Waals surface area contributed by atoms with Crippen LogP contribution in [-0.4, -0.2) is 60.6 Å². The number of piperazine rings is 1. The highest BCUT2D eigenvalue weighted by Crippen LogP contribution is 2.28. The zero-order valence-electron chi connectivity index (χ0n) is 16.2. The second kappa shape index (κ2) is 8.70. The molecule has 1 fully saturated rings. The van der Waals surface area contributed by atoms with Gasteiger partial charge in [-0.25, -0.2) is 9.97 Å². The molecule has 1 aromatic heterocycles. The first-order valence-corrected chi connectivity index (χ1v) is 9.31. The summed E-state index contributed by atoms with van der Waals surface area (Å²) < 4.78 is 5.44. The number of carbonyl (C=O) groups is 1. The molecule has 1 aliphatic rings. The highest BCUT2D eigenvalue weighted by molar-refractivity contribution is 5.93. The monoisotopic (exact) mass is 369 g/mol. The number of methoxy groups -OCH3 is 1. The molecule has 1 saturated heterocycles. The number of hydrogen-bond acceptors (Lipinski definition) is 6. The van der Waals surface area contributed by atoms with E-state index in [9.17, 15) is 4.79 Å². The van der Waals surface area contributed by atoms with E-state index in [2.05, 4.69) is 34.0 Å². The van der Waals surface area contributed by atoms with E-state index >= 15 is 0 Å². The van der Waals surface area contributed by atoms with Crippen molar-refractivity contribution >= 4 is 17.5 Å². The number of aromatic nitrogens is 2. The Hall–Kier alpha value is -2.83. The van der Waals surface area contributed by atoms with Gasteiger partial charge in [0.15, 0.2) is 0 Å². The summed E-state index contributed by atoms with van der Waals surface area (Å²) in [5.41, 5.74) is 1.59. The number of amides is 1. The van der Waals surface area contributed by atoms with Crippen LogP contribution in [0.1, 0.15) is 24.2 Å². The van der Waals surface area contributed by atoms with E-state index in [1.165, 1.54) is 0 Å². The minimum atomic E-state index is -0.0231. The topological polar surface area (TPSA) is 70.6 Å². The van der Waals surface area contributed by atoms with Crippen LogP contribution in [0.25, 0.3) is 0 Å². The molecule has 7 nitrogen and oxygen atoms in total. The summed E-state index contributed by atoms with van der Waals surface area (Å²) in [6.45, 7) is 7.89. The summed E-state index contributed by atoms with van der Waals surface area (Å²) >= 11 is 0. The van der Waals surface area contributed by atoms with Crippen molar-refractivity contribution in [1.82, 2.24) is 14.9 Å². The molecule has 7 heteroatoms. The van der Waals surface area contributed by atoms with Gasteiger partial charge in [-0.05, 0) is 18.1 Å². The molecule has 0 unspecified atom stereocenters. The standard InChI is InChI=1S/C20H27N5O2/c1-15(2)12-21-20-22-13-16(14-23-20)19(26)25-10-8-24(9-11-25)17-6-4-5-7-18(17)27-3/h4-7,13-15H,8-12H2,1-3H3,(H,21,22,23). The number of carbonyl (C=O) groups excluding carboxylic acids is 1. The number of rotatable bonds is 6. The van der Waals surface area contributed by atoms with Crippen LogP contribution in [0.5, 0.6) is 5.75 Å². The first kappa shape index (κ1) is 18.9. The fourth-order valence-electron chi connectivity index (χ4n) is 3.05. The smallest absolute Gasteiger partial charge is 0.257 e. The number of anilines is 2. The lowest BCUT2D eigenvalue weighted by molar-refractivity contribution is 0.0746. The Labute approximate surface area is 160 Å². The van der Waals surface area contributed by atoms with Gasteiger partial charge in [0.25, 0.3) is 5.91 Å². The summed E-state index contributed by atoms with van der Waals surface area (Å²) in [5.74, 6) is 1.90. The molecule has 1 N–H and O–H groups in total. The van der Waals surface area contributed by atoms with E-state index in [-0.39, 0.29) is 5.91 Å². The number of ether oxygens (including phenoxy) is 1. The van der Waals surface area contributed by atoms with Crippen LogP contribution in [0.4, 0.5) is 11.6 Å². The summed E-state index contributed by atoms with van der Waals surface area (Å²) in [6.07, 6.45) is 3.20. The van der Waals surface area contributed by atoms with Crippen LogP contribution in [-0.2, 0) is 0 Å². The Morgan fingerprint density at radius 3 is 2.44 bits per heavy atom. The van der Waals surface area contributed by atoms with Crippen LogP contribution in [0, 0.1) is 5.92 Å². The van der Waals surface area contributed by atoms with Crippen molar-refractivity contribution in [3.63, 3.8) is 0 Å². The van der Waals surface area contributed by atoms with Crippen molar-refractivity contribution in [2.45, 2.75) is 13.8 Å². The highest BCUT2D eigenvalue weighted by Gasteiger charge is 2.24. The molecule has 1 aliphatic heterocycles. The zero-order chi connectivity index (χ0) is 19.2. The predicted octanol–water partition coefficient (Wildman–Crippen LogP) is 2.52. The van der Waals surface area contributed by atoms with Gasteiger partial charge in [0, 0.05) is 45.1 Å². The summed E-state index contributed by atoms with van der Waals surface area (Å²) in [5, 5.41) is 3.16.